The number of morpholine rings is 1. The molecule has 0 aromatic carbocycles. The summed E-state index contributed by atoms with van der Waals surface area (Å²) in [5.41, 5.74) is 0. The highest BCUT2D eigenvalue weighted by Crippen LogP contribution is 2.17. The van der Waals surface area contributed by atoms with E-state index >= 15 is 0 Å². The second-order valence-corrected chi connectivity index (χ2v) is 4.42. The van der Waals surface area contributed by atoms with Crippen LogP contribution in [-0.4, -0.2) is 56.0 Å². The van der Waals surface area contributed by atoms with Gasteiger partial charge in [0, 0.05) is 0 Å². The molecule has 0 aromatic rings. The number of ether oxygens (including phenoxy) is 1. The van der Waals surface area contributed by atoms with Crippen LogP contribution in [0.2, 0.25) is 0 Å². The number of hydrogen-bond donors (Lipinski definition) is 0. The molecule has 3 nitrogen and oxygen atoms in total. The van der Waals surface area contributed by atoms with Crippen LogP contribution < -0.4 is 0 Å². The minimum Gasteiger partial charge on any atom is -0.375 e. The standard InChI is InChI=1S/C9H21N2O/c1-8-9(2)12-7-6-10(8)11(3,4)5/h8-9H,6-7H2,1-5H3/q+1. The molecule has 1 aliphatic heterocycles. The van der Waals surface area contributed by atoms with E-state index < -0.39 is 0 Å². The molecule has 0 N–H and O–H groups in total. The Hall–Kier alpha value is -0.120. The molecule has 0 aromatic heterocycles. The predicted octanol–water partition coefficient (Wildman–Crippen LogP) is 0.717. The second kappa shape index (κ2) is 3.32. The maximum atomic E-state index is 5.56. The Morgan fingerprint density at radius 1 is 1.25 bits per heavy atom. The Morgan fingerprint density at radius 2 is 1.83 bits per heavy atom. The van der Waals surface area contributed by atoms with Crippen LogP contribution in [0.5, 0.6) is 0 Å². The predicted molar refractivity (Wildman–Crippen MR) is 49.6 cm³/mol. The van der Waals surface area contributed by atoms with Gasteiger partial charge in [0.1, 0.15) is 0 Å². The third-order valence-electron chi connectivity index (χ3n) is 2.62. The Kier molecular flexibility index (Phi) is 2.76. The lowest BCUT2D eigenvalue weighted by Crippen LogP contribution is -2.62. The highest BCUT2D eigenvalue weighted by molar-refractivity contribution is 4.72. The van der Waals surface area contributed by atoms with Crippen molar-refractivity contribution < 1.29 is 9.33 Å². The molecule has 0 aliphatic carbocycles. The van der Waals surface area contributed by atoms with Crippen LogP contribution in [0.3, 0.4) is 0 Å². The molecule has 0 bridgehead atoms. The maximum absolute atomic E-state index is 5.56. The van der Waals surface area contributed by atoms with Crippen molar-refractivity contribution in [1.29, 1.82) is 0 Å². The van der Waals surface area contributed by atoms with Crippen molar-refractivity contribution in [3.8, 4) is 0 Å². The summed E-state index contributed by atoms with van der Waals surface area (Å²) in [6, 6.07) is 0.513. The normalized spacial score (nSPS) is 33.8. The molecular weight excluding hydrogens is 152 g/mol. The van der Waals surface area contributed by atoms with Gasteiger partial charge in [-0.15, -0.1) is 5.01 Å². The van der Waals surface area contributed by atoms with Gasteiger partial charge in [-0.2, -0.15) is 0 Å². The second-order valence-electron chi connectivity index (χ2n) is 4.42. The van der Waals surface area contributed by atoms with Crippen molar-refractivity contribution in [2.45, 2.75) is 26.0 Å². The van der Waals surface area contributed by atoms with Crippen molar-refractivity contribution in [2.75, 3.05) is 34.3 Å². The van der Waals surface area contributed by atoms with Gasteiger partial charge >= 0.3 is 0 Å². The Labute approximate surface area is 75.5 Å². The average molecular weight is 173 g/mol. The Bertz CT molecular complexity index is 153. The molecule has 1 fully saturated rings. The summed E-state index contributed by atoms with van der Waals surface area (Å²) in [5.74, 6) is 0. The molecule has 2 unspecified atom stereocenters. The summed E-state index contributed by atoms with van der Waals surface area (Å²) in [6.07, 6.45) is 0.358. The van der Waals surface area contributed by atoms with Gasteiger partial charge in [-0.25, -0.2) is 0 Å². The lowest BCUT2D eigenvalue weighted by Gasteiger charge is -2.45. The Balaban J connectivity index is 2.64. The first-order valence-electron chi connectivity index (χ1n) is 4.63. The zero-order valence-electron chi connectivity index (χ0n) is 8.87. The molecule has 72 valence electrons. The van der Waals surface area contributed by atoms with Crippen LogP contribution in [0.25, 0.3) is 0 Å². The van der Waals surface area contributed by atoms with E-state index in [1.165, 1.54) is 0 Å². The molecule has 1 heterocycles. The zero-order valence-corrected chi connectivity index (χ0v) is 8.87. The van der Waals surface area contributed by atoms with Crippen molar-refractivity contribution >= 4 is 0 Å². The number of rotatable bonds is 1. The van der Waals surface area contributed by atoms with Crippen molar-refractivity contribution in [1.82, 2.24) is 5.01 Å². The largest absolute Gasteiger partial charge is 0.375 e. The van der Waals surface area contributed by atoms with E-state index in [9.17, 15) is 0 Å². The first kappa shape index (κ1) is 9.96. The van der Waals surface area contributed by atoms with Crippen LogP contribution in [0.1, 0.15) is 13.8 Å². The highest BCUT2D eigenvalue weighted by Gasteiger charge is 2.33. The fourth-order valence-corrected chi connectivity index (χ4v) is 1.76. The van der Waals surface area contributed by atoms with Crippen LogP contribution in [0, 0.1) is 0 Å². The molecule has 1 rings (SSSR count). The van der Waals surface area contributed by atoms with Crippen molar-refractivity contribution in [3.05, 3.63) is 0 Å². The van der Waals surface area contributed by atoms with Crippen molar-refractivity contribution in [3.63, 3.8) is 0 Å². The van der Waals surface area contributed by atoms with Gasteiger partial charge in [0.05, 0.1) is 46.4 Å². The number of hydrogen-bond acceptors (Lipinski definition) is 2. The average Bonchev–Trinajstić information content (AvgIpc) is 1.92. The third-order valence-corrected chi connectivity index (χ3v) is 2.62. The van der Waals surface area contributed by atoms with E-state index in [2.05, 4.69) is 40.0 Å². The summed E-state index contributed by atoms with van der Waals surface area (Å²) >= 11 is 0. The molecule has 0 spiro atoms. The van der Waals surface area contributed by atoms with Crippen LogP contribution >= 0.6 is 0 Å². The minimum atomic E-state index is 0.358. The molecule has 1 aliphatic rings. The molecule has 0 amide bonds. The van der Waals surface area contributed by atoms with E-state index in [1.807, 2.05) is 0 Å². The smallest absolute Gasteiger partial charge is 0.0855 e. The fourth-order valence-electron chi connectivity index (χ4n) is 1.76. The van der Waals surface area contributed by atoms with Gasteiger partial charge in [-0.05, 0) is 13.8 Å². The molecule has 1 saturated heterocycles. The monoisotopic (exact) mass is 173 g/mol. The number of nitrogens with zero attached hydrogens (tertiary/aromatic N) is 2. The van der Waals surface area contributed by atoms with Gasteiger partial charge < -0.3 is 4.74 Å². The van der Waals surface area contributed by atoms with E-state index in [0.717, 1.165) is 17.7 Å². The Morgan fingerprint density at radius 3 is 2.25 bits per heavy atom. The molecular formula is C9H21N2O+. The fraction of sp³-hybridized carbons (Fsp3) is 1.00. The van der Waals surface area contributed by atoms with E-state index in [-0.39, 0.29) is 0 Å². The highest BCUT2D eigenvalue weighted by atomic mass is 16.5. The van der Waals surface area contributed by atoms with Gasteiger partial charge in [0.25, 0.3) is 0 Å². The van der Waals surface area contributed by atoms with E-state index in [1.54, 1.807) is 0 Å². The van der Waals surface area contributed by atoms with Gasteiger partial charge in [-0.1, -0.05) is 0 Å². The molecule has 3 heteroatoms. The first-order chi connectivity index (χ1) is 5.43. The quantitative estimate of drug-likeness (QED) is 0.542. The van der Waals surface area contributed by atoms with Crippen molar-refractivity contribution in [2.24, 2.45) is 0 Å². The minimum absolute atomic E-state index is 0.358. The molecule has 12 heavy (non-hydrogen) atoms. The summed E-state index contributed by atoms with van der Waals surface area (Å²) < 4.78 is 6.46. The zero-order chi connectivity index (χ0) is 9.35. The SMILES string of the molecule is CC1OCCN([N+](C)(C)C)C1C. The lowest BCUT2D eigenvalue weighted by atomic mass is 10.2. The molecule has 0 saturated carbocycles. The van der Waals surface area contributed by atoms with E-state index in [4.69, 9.17) is 4.74 Å². The molecule has 0 radical (unpaired) electrons. The van der Waals surface area contributed by atoms with Crippen LogP contribution in [-0.2, 0) is 4.74 Å². The lowest BCUT2D eigenvalue weighted by molar-refractivity contribution is -0.992. The van der Waals surface area contributed by atoms with Gasteiger partial charge in [0.15, 0.2) is 0 Å². The first-order valence-corrected chi connectivity index (χ1v) is 4.63. The number of quaternary nitrogens is 1. The van der Waals surface area contributed by atoms with E-state index in [0.29, 0.717) is 12.1 Å². The maximum Gasteiger partial charge on any atom is 0.0855 e. The van der Waals surface area contributed by atoms with Gasteiger partial charge in [-0.3, -0.25) is 4.59 Å². The summed E-state index contributed by atoms with van der Waals surface area (Å²) in [7, 11) is 6.61. The summed E-state index contributed by atoms with van der Waals surface area (Å²) in [5, 5.41) is 2.45. The summed E-state index contributed by atoms with van der Waals surface area (Å²) in [6.45, 7) is 6.27. The van der Waals surface area contributed by atoms with Crippen LogP contribution in [0.4, 0.5) is 0 Å². The topological polar surface area (TPSA) is 12.5 Å². The van der Waals surface area contributed by atoms with Gasteiger partial charge in [0.2, 0.25) is 0 Å². The molecule has 2 atom stereocenters. The van der Waals surface area contributed by atoms with Crippen LogP contribution in [0.15, 0.2) is 0 Å². The third kappa shape index (κ3) is 1.97. The summed E-state index contributed by atoms with van der Waals surface area (Å²) in [4.78, 5) is 0.